The average molecular weight is 414 g/mol. The summed E-state index contributed by atoms with van der Waals surface area (Å²) in [7, 11) is 0. The molecule has 7 heteroatoms. The number of hydrogen-bond donors (Lipinski definition) is 2. The molecular weight excluding hydrogens is 391 g/mol. The fourth-order valence-corrected chi connectivity index (χ4v) is 5.10. The predicted molar refractivity (Wildman–Crippen MR) is 118 cm³/mol. The van der Waals surface area contributed by atoms with Crippen LogP contribution >= 0.6 is 0 Å². The Kier molecular flexibility index (Phi) is 4.24. The monoisotopic (exact) mass is 414 g/mol. The van der Waals surface area contributed by atoms with Crippen LogP contribution in [0.25, 0.3) is 28.0 Å². The van der Waals surface area contributed by atoms with Gasteiger partial charge in [-0.1, -0.05) is 36.4 Å². The first-order chi connectivity index (χ1) is 15.2. The molecule has 3 aromatic heterocycles. The Morgan fingerprint density at radius 1 is 0.968 bits per heavy atom. The maximum atomic E-state index is 15.2. The molecule has 2 fully saturated rings. The van der Waals surface area contributed by atoms with E-state index >= 15 is 4.39 Å². The van der Waals surface area contributed by atoms with Crippen molar-refractivity contribution in [3.63, 3.8) is 0 Å². The highest BCUT2D eigenvalue weighted by Crippen LogP contribution is 2.39. The van der Waals surface area contributed by atoms with Gasteiger partial charge in [0.25, 0.3) is 0 Å². The first-order valence-corrected chi connectivity index (χ1v) is 10.8. The molecule has 0 unspecified atom stereocenters. The molecule has 4 aromatic rings. The molecule has 2 aliphatic heterocycles. The van der Waals surface area contributed by atoms with Crippen molar-refractivity contribution in [2.45, 2.75) is 43.7 Å². The number of fused-ring (bicyclic) bond motifs is 3. The fourth-order valence-electron chi connectivity index (χ4n) is 5.10. The molecule has 156 valence electrons. The molecule has 0 saturated carbocycles. The number of piperidine rings is 1. The lowest BCUT2D eigenvalue weighted by molar-refractivity contribution is 0.351. The number of nitrogens with two attached hydrogens (primary N) is 1. The number of rotatable bonds is 3. The Labute approximate surface area is 179 Å². The summed E-state index contributed by atoms with van der Waals surface area (Å²) in [6, 6.07) is 14.9. The second kappa shape index (κ2) is 7.13. The van der Waals surface area contributed by atoms with E-state index in [0.29, 0.717) is 23.4 Å². The predicted octanol–water partition coefficient (Wildman–Crippen LogP) is 4.18. The quantitative estimate of drug-likeness (QED) is 0.526. The topological polar surface area (TPSA) is 81.1 Å². The normalized spacial score (nSPS) is 22.8. The van der Waals surface area contributed by atoms with Gasteiger partial charge in [-0.2, -0.15) is 9.61 Å². The third-order valence-corrected chi connectivity index (χ3v) is 6.65. The number of anilines is 1. The van der Waals surface area contributed by atoms with Gasteiger partial charge in [-0.25, -0.2) is 9.37 Å². The smallest absolute Gasteiger partial charge is 0.187 e. The van der Waals surface area contributed by atoms with Gasteiger partial charge in [0, 0.05) is 40.9 Å². The van der Waals surface area contributed by atoms with E-state index in [2.05, 4.69) is 15.4 Å². The van der Waals surface area contributed by atoms with Crippen molar-refractivity contribution < 1.29 is 4.39 Å². The van der Waals surface area contributed by atoms with E-state index in [1.165, 1.54) is 4.52 Å². The summed E-state index contributed by atoms with van der Waals surface area (Å²) in [5, 5.41) is 7.92. The third kappa shape index (κ3) is 3.08. The van der Waals surface area contributed by atoms with Gasteiger partial charge >= 0.3 is 0 Å². The van der Waals surface area contributed by atoms with E-state index < -0.39 is 5.82 Å². The van der Waals surface area contributed by atoms with Crippen LogP contribution in [0.5, 0.6) is 0 Å². The van der Waals surface area contributed by atoms with E-state index in [9.17, 15) is 0 Å². The largest absolute Gasteiger partial charge is 0.381 e. The summed E-state index contributed by atoms with van der Waals surface area (Å²) in [5.74, 6) is -0.343. The molecule has 6 nitrogen and oxygen atoms in total. The molecule has 3 atom stereocenters. The molecule has 0 amide bonds. The van der Waals surface area contributed by atoms with Crippen LogP contribution in [0.15, 0.2) is 54.9 Å². The van der Waals surface area contributed by atoms with Crippen LogP contribution in [-0.4, -0.2) is 31.7 Å². The molecule has 1 aromatic carbocycles. The summed E-state index contributed by atoms with van der Waals surface area (Å²) < 4.78 is 16.6. The number of nitrogens with zero attached hydrogens (tertiary/aromatic N) is 4. The van der Waals surface area contributed by atoms with Gasteiger partial charge in [0.2, 0.25) is 0 Å². The number of aromatic nitrogens is 4. The average Bonchev–Trinajstić information content (AvgIpc) is 3.39. The maximum absolute atomic E-state index is 15.2. The minimum absolute atomic E-state index is 0.0194. The second-order valence-electron chi connectivity index (χ2n) is 8.59. The molecule has 31 heavy (non-hydrogen) atoms. The molecule has 2 bridgehead atoms. The van der Waals surface area contributed by atoms with Gasteiger partial charge in [0.05, 0.1) is 17.6 Å². The summed E-state index contributed by atoms with van der Waals surface area (Å²) in [5.41, 5.74) is 10.8. The molecule has 3 N–H and O–H groups in total. The molecule has 0 aliphatic carbocycles. The number of benzene rings is 1. The van der Waals surface area contributed by atoms with Crippen molar-refractivity contribution >= 4 is 11.5 Å². The Morgan fingerprint density at radius 2 is 1.74 bits per heavy atom. The minimum Gasteiger partial charge on any atom is -0.381 e. The molecule has 5 heterocycles. The van der Waals surface area contributed by atoms with Crippen molar-refractivity contribution in [2.75, 3.05) is 5.73 Å². The lowest BCUT2D eigenvalue weighted by atomic mass is 9.89. The van der Waals surface area contributed by atoms with Crippen molar-refractivity contribution in [1.82, 2.24) is 24.9 Å². The van der Waals surface area contributed by atoms with Crippen LogP contribution in [0.3, 0.4) is 0 Å². The van der Waals surface area contributed by atoms with E-state index in [1.54, 1.807) is 6.20 Å². The molecular formula is C24H23FN6. The molecule has 0 spiro atoms. The number of halogens is 1. The zero-order valence-corrected chi connectivity index (χ0v) is 17.0. The molecule has 2 aliphatic rings. The number of hydrogen-bond acceptors (Lipinski definition) is 5. The standard InChI is InChI=1S/C24H23FN6/c25-21-22(16-10-17-7-8-18(11-16)29-17)30-24-19(13-28-31(24)23(21)26)15-6-9-20(27-12-15)14-4-2-1-3-5-14/h1-6,9,12-13,16-18,29H,7-8,10-11,26H2/t16-,17-,18+. The Bertz CT molecular complexity index is 1240. The molecule has 2 saturated heterocycles. The first kappa shape index (κ1) is 18.4. The number of nitrogens with one attached hydrogen (secondary N) is 1. The number of pyridine rings is 1. The van der Waals surface area contributed by atoms with Crippen molar-refractivity contribution in [3.8, 4) is 22.4 Å². The van der Waals surface area contributed by atoms with E-state index in [4.69, 9.17) is 10.7 Å². The van der Waals surface area contributed by atoms with Crippen molar-refractivity contribution in [3.05, 3.63) is 66.4 Å². The molecule has 6 rings (SSSR count). The van der Waals surface area contributed by atoms with Crippen LogP contribution in [-0.2, 0) is 0 Å². The minimum atomic E-state index is -0.439. The van der Waals surface area contributed by atoms with Crippen LogP contribution < -0.4 is 11.1 Å². The van der Waals surface area contributed by atoms with E-state index in [1.807, 2.05) is 48.7 Å². The van der Waals surface area contributed by atoms with Gasteiger partial charge in [-0.15, -0.1) is 0 Å². The van der Waals surface area contributed by atoms with Crippen LogP contribution in [0.1, 0.15) is 37.3 Å². The Balaban J connectivity index is 1.41. The molecule has 0 radical (unpaired) electrons. The number of nitrogen functional groups attached to an aromatic ring is 1. The zero-order valence-electron chi connectivity index (χ0n) is 17.0. The van der Waals surface area contributed by atoms with Crippen LogP contribution in [0.4, 0.5) is 10.2 Å². The third-order valence-electron chi connectivity index (χ3n) is 6.65. The highest BCUT2D eigenvalue weighted by molar-refractivity contribution is 5.78. The Morgan fingerprint density at radius 3 is 2.45 bits per heavy atom. The lowest BCUT2D eigenvalue weighted by Gasteiger charge is -2.29. The SMILES string of the molecule is Nc1c(F)c([C@@H]2C[C@H]3CC[C@@H](C2)N3)nc2c(-c3ccc(-c4ccccc4)nc3)cnn12. The van der Waals surface area contributed by atoms with Crippen LogP contribution in [0.2, 0.25) is 0 Å². The van der Waals surface area contributed by atoms with Gasteiger partial charge in [-0.3, -0.25) is 4.98 Å². The van der Waals surface area contributed by atoms with E-state index in [-0.39, 0.29) is 11.7 Å². The van der Waals surface area contributed by atoms with Crippen LogP contribution in [0, 0.1) is 5.82 Å². The van der Waals surface area contributed by atoms with E-state index in [0.717, 1.165) is 48.1 Å². The highest BCUT2D eigenvalue weighted by atomic mass is 19.1. The first-order valence-electron chi connectivity index (χ1n) is 10.8. The fraction of sp³-hybridized carbons (Fsp3) is 0.292. The summed E-state index contributed by atoms with van der Waals surface area (Å²) in [6.45, 7) is 0. The second-order valence-corrected chi connectivity index (χ2v) is 8.59. The van der Waals surface area contributed by atoms with Crippen molar-refractivity contribution in [1.29, 1.82) is 0 Å². The lowest BCUT2D eigenvalue weighted by Crippen LogP contribution is -2.37. The maximum Gasteiger partial charge on any atom is 0.187 e. The van der Waals surface area contributed by atoms with Gasteiger partial charge < -0.3 is 11.1 Å². The summed E-state index contributed by atoms with van der Waals surface area (Å²) >= 11 is 0. The zero-order chi connectivity index (χ0) is 20.9. The van der Waals surface area contributed by atoms with Gasteiger partial charge in [0.1, 0.15) is 0 Å². The Hall–Kier alpha value is -3.32. The highest BCUT2D eigenvalue weighted by Gasteiger charge is 2.36. The van der Waals surface area contributed by atoms with Crippen molar-refractivity contribution in [2.24, 2.45) is 0 Å². The summed E-state index contributed by atoms with van der Waals surface area (Å²) in [4.78, 5) is 9.38. The van der Waals surface area contributed by atoms with Gasteiger partial charge in [0.15, 0.2) is 17.3 Å². The summed E-state index contributed by atoms with van der Waals surface area (Å²) in [6.07, 6.45) is 7.59. The van der Waals surface area contributed by atoms with Gasteiger partial charge in [-0.05, 0) is 31.7 Å².